The van der Waals surface area contributed by atoms with Crippen LogP contribution in [0.15, 0.2) is 28.7 Å². The summed E-state index contributed by atoms with van der Waals surface area (Å²) >= 11 is 0. The van der Waals surface area contributed by atoms with E-state index in [-0.39, 0.29) is 23.5 Å². The normalized spacial score (nSPS) is 14.1. The molecule has 0 spiro atoms. The second-order valence-corrected chi connectivity index (χ2v) is 5.23. The van der Waals surface area contributed by atoms with Crippen LogP contribution < -0.4 is 16.4 Å². The van der Waals surface area contributed by atoms with Crippen LogP contribution in [0.3, 0.4) is 0 Å². The molecule has 1 fully saturated rings. The Morgan fingerprint density at radius 3 is 2.71 bits per heavy atom. The molecule has 0 bridgehead atoms. The maximum Gasteiger partial charge on any atom is 0.287 e. The van der Waals surface area contributed by atoms with Crippen LogP contribution in [0, 0.1) is 5.92 Å². The summed E-state index contributed by atoms with van der Waals surface area (Å²) in [4.78, 5) is 23.4. The zero-order chi connectivity index (χ0) is 14.8. The van der Waals surface area contributed by atoms with Crippen molar-refractivity contribution in [1.29, 1.82) is 0 Å². The second kappa shape index (κ2) is 5.47. The first-order chi connectivity index (χ1) is 10.1. The van der Waals surface area contributed by atoms with Crippen molar-refractivity contribution < 1.29 is 14.0 Å². The molecule has 1 aromatic carbocycles. The van der Waals surface area contributed by atoms with Crippen LogP contribution in [0.4, 0.5) is 5.69 Å². The van der Waals surface area contributed by atoms with E-state index in [1.807, 2.05) is 0 Å². The predicted molar refractivity (Wildman–Crippen MR) is 78.7 cm³/mol. The van der Waals surface area contributed by atoms with Gasteiger partial charge in [0.05, 0.1) is 0 Å². The fourth-order valence-electron chi connectivity index (χ4n) is 2.11. The van der Waals surface area contributed by atoms with Crippen LogP contribution in [0.25, 0.3) is 11.0 Å². The molecule has 6 nitrogen and oxygen atoms in total. The number of amides is 2. The fraction of sp³-hybridized carbons (Fsp3) is 0.333. The van der Waals surface area contributed by atoms with Crippen molar-refractivity contribution in [2.24, 2.45) is 5.92 Å². The minimum atomic E-state index is -0.301. The summed E-state index contributed by atoms with van der Waals surface area (Å²) < 4.78 is 5.46. The van der Waals surface area contributed by atoms with Gasteiger partial charge in [0.15, 0.2) is 5.76 Å². The van der Waals surface area contributed by atoms with Gasteiger partial charge in [0.1, 0.15) is 5.58 Å². The van der Waals surface area contributed by atoms with Gasteiger partial charge in [-0.2, -0.15) is 0 Å². The lowest BCUT2D eigenvalue weighted by Gasteiger charge is -2.05. The molecule has 1 heterocycles. The molecular weight excluding hydrogens is 270 g/mol. The van der Waals surface area contributed by atoms with Crippen LogP contribution in [0.2, 0.25) is 0 Å². The lowest BCUT2D eigenvalue weighted by Crippen LogP contribution is -2.35. The summed E-state index contributed by atoms with van der Waals surface area (Å²) in [5, 5.41) is 6.29. The third-order valence-electron chi connectivity index (χ3n) is 3.42. The maximum absolute atomic E-state index is 11.9. The Morgan fingerprint density at radius 2 is 1.95 bits per heavy atom. The molecule has 0 unspecified atom stereocenters. The number of carbonyl (C=O) groups is 2. The molecular formula is C15H17N3O3. The molecule has 1 saturated carbocycles. The highest BCUT2D eigenvalue weighted by atomic mass is 16.3. The van der Waals surface area contributed by atoms with E-state index in [0.717, 1.165) is 18.2 Å². The van der Waals surface area contributed by atoms with Crippen LogP contribution in [0.1, 0.15) is 23.4 Å². The van der Waals surface area contributed by atoms with E-state index in [4.69, 9.17) is 10.2 Å². The van der Waals surface area contributed by atoms with Crippen molar-refractivity contribution in [3.05, 3.63) is 30.0 Å². The number of anilines is 1. The average molecular weight is 287 g/mol. The Kier molecular flexibility index (Phi) is 3.51. The van der Waals surface area contributed by atoms with Crippen LogP contribution in [0.5, 0.6) is 0 Å². The predicted octanol–water partition coefficient (Wildman–Crippen LogP) is 1.27. The van der Waals surface area contributed by atoms with E-state index in [1.165, 1.54) is 0 Å². The molecule has 6 heteroatoms. The van der Waals surface area contributed by atoms with Crippen molar-refractivity contribution in [2.45, 2.75) is 12.8 Å². The molecule has 0 saturated heterocycles. The maximum atomic E-state index is 11.9. The molecule has 0 radical (unpaired) electrons. The average Bonchev–Trinajstić information content (AvgIpc) is 3.23. The standard InChI is InChI=1S/C15H17N3O3/c16-11-3-4-12-10(7-11)8-13(21-12)15(20)18-6-5-17-14(19)9-1-2-9/h3-4,7-9H,1-2,5-6,16H2,(H,17,19)(H,18,20). The van der Waals surface area contributed by atoms with E-state index in [1.54, 1.807) is 24.3 Å². The van der Waals surface area contributed by atoms with Gasteiger partial charge < -0.3 is 20.8 Å². The van der Waals surface area contributed by atoms with Gasteiger partial charge in [-0.15, -0.1) is 0 Å². The summed E-state index contributed by atoms with van der Waals surface area (Å²) in [5.74, 6) is 0.194. The Hall–Kier alpha value is -2.50. The number of nitrogen functional groups attached to an aromatic ring is 1. The largest absolute Gasteiger partial charge is 0.451 e. The van der Waals surface area contributed by atoms with Gasteiger partial charge in [0.2, 0.25) is 5.91 Å². The van der Waals surface area contributed by atoms with Crippen LogP contribution in [-0.2, 0) is 4.79 Å². The smallest absolute Gasteiger partial charge is 0.287 e. The number of hydrogen-bond donors (Lipinski definition) is 3. The quantitative estimate of drug-likeness (QED) is 0.570. The Bertz CT molecular complexity index is 689. The van der Waals surface area contributed by atoms with Gasteiger partial charge in [0.25, 0.3) is 5.91 Å². The molecule has 4 N–H and O–H groups in total. The molecule has 21 heavy (non-hydrogen) atoms. The SMILES string of the molecule is Nc1ccc2oc(C(=O)NCCNC(=O)C3CC3)cc2c1. The first kappa shape index (κ1) is 13.5. The number of carbonyl (C=O) groups excluding carboxylic acids is 2. The molecule has 0 atom stereocenters. The highest BCUT2D eigenvalue weighted by molar-refractivity contribution is 5.96. The molecule has 1 aliphatic carbocycles. The van der Waals surface area contributed by atoms with Gasteiger partial charge in [0, 0.05) is 30.1 Å². The Balaban J connectivity index is 1.52. The zero-order valence-corrected chi connectivity index (χ0v) is 11.5. The third-order valence-corrected chi connectivity index (χ3v) is 3.42. The van der Waals surface area contributed by atoms with Crippen molar-refractivity contribution >= 4 is 28.5 Å². The highest BCUT2D eigenvalue weighted by Crippen LogP contribution is 2.28. The first-order valence-corrected chi connectivity index (χ1v) is 6.98. The van der Waals surface area contributed by atoms with Gasteiger partial charge in [-0.1, -0.05) is 0 Å². The minimum Gasteiger partial charge on any atom is -0.451 e. The number of hydrogen-bond acceptors (Lipinski definition) is 4. The van der Waals surface area contributed by atoms with Gasteiger partial charge in [-0.3, -0.25) is 9.59 Å². The van der Waals surface area contributed by atoms with Gasteiger partial charge in [-0.25, -0.2) is 0 Å². The van der Waals surface area contributed by atoms with Crippen molar-refractivity contribution in [2.75, 3.05) is 18.8 Å². The monoisotopic (exact) mass is 287 g/mol. The van der Waals surface area contributed by atoms with Crippen molar-refractivity contribution in [1.82, 2.24) is 10.6 Å². The van der Waals surface area contributed by atoms with E-state index in [0.29, 0.717) is 24.4 Å². The fourth-order valence-corrected chi connectivity index (χ4v) is 2.11. The van der Waals surface area contributed by atoms with Crippen LogP contribution >= 0.6 is 0 Å². The van der Waals surface area contributed by atoms with Gasteiger partial charge >= 0.3 is 0 Å². The van der Waals surface area contributed by atoms with Crippen LogP contribution in [-0.4, -0.2) is 24.9 Å². The molecule has 2 amide bonds. The molecule has 2 aromatic rings. The number of furan rings is 1. The third kappa shape index (κ3) is 3.16. The summed E-state index contributed by atoms with van der Waals surface area (Å²) in [6.45, 7) is 0.796. The summed E-state index contributed by atoms with van der Waals surface area (Å²) in [6, 6.07) is 6.87. The number of nitrogens with one attached hydrogen (secondary N) is 2. The number of fused-ring (bicyclic) bond motifs is 1. The molecule has 1 aromatic heterocycles. The van der Waals surface area contributed by atoms with E-state index in [9.17, 15) is 9.59 Å². The van der Waals surface area contributed by atoms with Crippen molar-refractivity contribution in [3.8, 4) is 0 Å². The van der Waals surface area contributed by atoms with E-state index < -0.39 is 0 Å². The van der Waals surface area contributed by atoms with E-state index >= 15 is 0 Å². The minimum absolute atomic E-state index is 0.0726. The number of benzene rings is 1. The highest BCUT2D eigenvalue weighted by Gasteiger charge is 2.29. The molecule has 110 valence electrons. The van der Waals surface area contributed by atoms with E-state index in [2.05, 4.69) is 10.6 Å². The number of rotatable bonds is 5. The summed E-state index contributed by atoms with van der Waals surface area (Å²) in [6.07, 6.45) is 1.95. The van der Waals surface area contributed by atoms with Crippen molar-refractivity contribution in [3.63, 3.8) is 0 Å². The summed E-state index contributed by atoms with van der Waals surface area (Å²) in [5.41, 5.74) is 6.93. The molecule has 0 aliphatic heterocycles. The second-order valence-electron chi connectivity index (χ2n) is 5.23. The Labute approximate surface area is 121 Å². The first-order valence-electron chi connectivity index (χ1n) is 6.98. The topological polar surface area (TPSA) is 97.4 Å². The summed E-state index contributed by atoms with van der Waals surface area (Å²) in [7, 11) is 0. The lowest BCUT2D eigenvalue weighted by atomic mass is 10.2. The molecule has 3 rings (SSSR count). The Morgan fingerprint density at radius 1 is 1.19 bits per heavy atom. The number of nitrogens with two attached hydrogens (primary N) is 1. The van der Waals surface area contributed by atoms with Gasteiger partial charge in [-0.05, 0) is 37.1 Å². The molecule has 1 aliphatic rings. The lowest BCUT2D eigenvalue weighted by molar-refractivity contribution is -0.122. The zero-order valence-electron chi connectivity index (χ0n) is 11.5.